The van der Waals surface area contributed by atoms with Crippen molar-refractivity contribution in [2.45, 2.75) is 124 Å². The molecule has 55 heavy (non-hydrogen) atoms. The molecular weight excluding hydrogens is 749 g/mol. The monoisotopic (exact) mass is 806 g/mol. The lowest BCUT2D eigenvalue weighted by atomic mass is 9.94. The van der Waals surface area contributed by atoms with Crippen LogP contribution >= 0.6 is 0 Å². The molecule has 0 aromatic heterocycles. The van der Waals surface area contributed by atoms with E-state index < -0.39 is 55.5 Å². The minimum atomic E-state index is -3.53. The van der Waals surface area contributed by atoms with Gasteiger partial charge in [0.1, 0.15) is 0 Å². The Hall–Kier alpha value is -2.50. The molecule has 2 aromatic rings. The van der Waals surface area contributed by atoms with Crippen LogP contribution in [0.15, 0.2) is 95.8 Å². The molecule has 0 aliphatic carbocycles. The Morgan fingerprint density at radius 3 is 1.53 bits per heavy atom. The van der Waals surface area contributed by atoms with Crippen molar-refractivity contribution in [3.05, 3.63) is 86.0 Å². The molecule has 6 rings (SSSR count). The third-order valence-electron chi connectivity index (χ3n) is 10.5. The van der Waals surface area contributed by atoms with Gasteiger partial charge in [-0.25, -0.2) is 16.8 Å². The topological polar surface area (TPSA) is 153 Å². The molecule has 306 valence electrons. The van der Waals surface area contributed by atoms with E-state index in [9.17, 15) is 21.9 Å². The molecule has 12 nitrogen and oxygen atoms in total. The summed E-state index contributed by atoms with van der Waals surface area (Å²) in [7, 11) is -5.38. The van der Waals surface area contributed by atoms with Gasteiger partial charge in [0.2, 0.25) is 0 Å². The van der Waals surface area contributed by atoms with E-state index in [-0.39, 0.29) is 52.8 Å². The fourth-order valence-electron chi connectivity index (χ4n) is 7.93. The molecule has 0 amide bonds. The lowest BCUT2D eigenvalue weighted by Crippen LogP contribution is -2.36. The SMILES string of the molecule is C=CC[C@@H]1O[C@H](CC2COC(C)(C)O2)[C@H](O)[C@H]1CS(=O)(=O)c1ccccc1.C=CC[C@@H]1O[C@H](CC2COC(C)(C)O2)[C@H](OC)[C@H]1CS(=O)(=O)c1ccccc1. The summed E-state index contributed by atoms with van der Waals surface area (Å²) in [6.45, 7) is 15.9. The number of aliphatic hydroxyl groups is 1. The van der Waals surface area contributed by atoms with Crippen molar-refractivity contribution in [1.82, 2.24) is 0 Å². The maximum Gasteiger partial charge on any atom is 0.178 e. The normalized spacial score (nSPS) is 32.8. The molecule has 4 fully saturated rings. The molecule has 1 N–H and O–H groups in total. The van der Waals surface area contributed by atoms with Crippen molar-refractivity contribution in [1.29, 1.82) is 0 Å². The van der Waals surface area contributed by atoms with Crippen LogP contribution in [-0.4, -0.2) is 114 Å². The van der Waals surface area contributed by atoms with Crippen molar-refractivity contribution < 1.29 is 55.1 Å². The third kappa shape index (κ3) is 11.3. The highest BCUT2D eigenvalue weighted by Crippen LogP contribution is 2.39. The van der Waals surface area contributed by atoms with Gasteiger partial charge in [-0.2, -0.15) is 0 Å². The van der Waals surface area contributed by atoms with Gasteiger partial charge in [-0.1, -0.05) is 48.6 Å². The Morgan fingerprint density at radius 1 is 0.691 bits per heavy atom. The summed E-state index contributed by atoms with van der Waals surface area (Å²) in [5.74, 6) is -2.26. The molecule has 14 heteroatoms. The van der Waals surface area contributed by atoms with Crippen molar-refractivity contribution >= 4 is 19.7 Å². The second-order valence-corrected chi connectivity index (χ2v) is 19.6. The highest BCUT2D eigenvalue weighted by Gasteiger charge is 2.49. The number of ether oxygens (including phenoxy) is 7. The molecular formula is C41H58O12S2. The summed E-state index contributed by atoms with van der Waals surface area (Å²) in [5, 5.41) is 10.8. The minimum Gasteiger partial charge on any atom is -0.390 e. The zero-order valence-electron chi connectivity index (χ0n) is 32.5. The first kappa shape index (κ1) is 43.6. The molecule has 4 saturated heterocycles. The van der Waals surface area contributed by atoms with Gasteiger partial charge in [0.05, 0.1) is 83.3 Å². The molecule has 4 aliphatic rings. The zero-order valence-corrected chi connectivity index (χ0v) is 34.2. The van der Waals surface area contributed by atoms with Crippen LogP contribution in [0.25, 0.3) is 0 Å². The number of methoxy groups -OCH3 is 1. The van der Waals surface area contributed by atoms with Crippen molar-refractivity contribution in [2.75, 3.05) is 31.8 Å². The number of benzene rings is 2. The number of hydrogen-bond acceptors (Lipinski definition) is 12. The maximum atomic E-state index is 13.0. The summed E-state index contributed by atoms with van der Waals surface area (Å²) in [5.41, 5.74) is 0. The van der Waals surface area contributed by atoms with Gasteiger partial charge in [0, 0.05) is 31.8 Å². The highest BCUT2D eigenvalue weighted by atomic mass is 32.2. The van der Waals surface area contributed by atoms with Gasteiger partial charge in [0.15, 0.2) is 31.2 Å². The number of hydrogen-bond donors (Lipinski definition) is 1. The summed E-state index contributed by atoms with van der Waals surface area (Å²) >= 11 is 0. The van der Waals surface area contributed by atoms with E-state index in [2.05, 4.69) is 13.2 Å². The summed E-state index contributed by atoms with van der Waals surface area (Å²) in [4.78, 5) is 0.576. The van der Waals surface area contributed by atoms with Crippen LogP contribution in [0.1, 0.15) is 53.4 Å². The van der Waals surface area contributed by atoms with E-state index in [4.69, 9.17) is 33.2 Å². The second-order valence-electron chi connectivity index (χ2n) is 15.6. The quantitative estimate of drug-likeness (QED) is 0.233. The first-order valence-corrected chi connectivity index (χ1v) is 22.2. The van der Waals surface area contributed by atoms with Gasteiger partial charge in [-0.3, -0.25) is 0 Å². The summed E-state index contributed by atoms with van der Waals surface area (Å²) < 4.78 is 92.4. The van der Waals surface area contributed by atoms with Crippen LogP contribution in [0.4, 0.5) is 0 Å². The molecule has 0 radical (unpaired) electrons. The van der Waals surface area contributed by atoms with Gasteiger partial charge in [0.25, 0.3) is 0 Å². The van der Waals surface area contributed by atoms with Crippen LogP contribution in [0, 0.1) is 11.8 Å². The largest absolute Gasteiger partial charge is 0.390 e. The maximum absolute atomic E-state index is 13.0. The van der Waals surface area contributed by atoms with Crippen molar-refractivity contribution in [2.24, 2.45) is 11.8 Å². The lowest BCUT2D eigenvalue weighted by molar-refractivity contribution is -0.144. The van der Waals surface area contributed by atoms with E-state index in [0.717, 1.165) is 0 Å². The number of rotatable bonds is 15. The van der Waals surface area contributed by atoms with Crippen LogP contribution < -0.4 is 0 Å². The van der Waals surface area contributed by atoms with Gasteiger partial charge < -0.3 is 38.3 Å². The zero-order chi connectivity index (χ0) is 40.0. The van der Waals surface area contributed by atoms with Crippen LogP contribution in [-0.2, 0) is 52.8 Å². The number of sulfone groups is 2. The molecule has 4 heterocycles. The first-order valence-electron chi connectivity index (χ1n) is 18.9. The smallest absolute Gasteiger partial charge is 0.178 e. The van der Waals surface area contributed by atoms with Gasteiger partial charge >= 0.3 is 0 Å². The van der Waals surface area contributed by atoms with E-state index in [0.29, 0.717) is 43.8 Å². The first-order chi connectivity index (χ1) is 26.0. The summed E-state index contributed by atoms with van der Waals surface area (Å²) in [6.07, 6.45) is 2.64. The standard InChI is InChI=1S/C21H30O6S.C20H28O6S/c1-5-9-18-17(14-28(22,23)16-10-7-6-8-11-16)20(24-4)19(26-18)12-15-13-25-21(2,3)27-15;1-4-8-17-16(13-27(22,23)15-9-6-5-7-10-15)19(21)18(25-17)11-14-12-24-20(2,3)26-14/h5-8,10-11,15,17-20H,1,9,12-14H2,2-4H3;4-7,9-10,14,16-19,21H,1,8,11-13H2,2-3H3/t15?,17-,18-,19+,20+;14?,16-,17-,18+,19+/m00/s1. The van der Waals surface area contributed by atoms with E-state index in [1.807, 2.05) is 27.7 Å². The van der Waals surface area contributed by atoms with Crippen molar-refractivity contribution in [3.63, 3.8) is 0 Å². The molecule has 4 aliphatic heterocycles. The molecule has 0 saturated carbocycles. The molecule has 0 spiro atoms. The predicted molar refractivity (Wildman–Crippen MR) is 207 cm³/mol. The Bertz CT molecular complexity index is 1770. The minimum absolute atomic E-state index is 0.0297. The van der Waals surface area contributed by atoms with Crippen LogP contribution in [0.3, 0.4) is 0 Å². The third-order valence-corrected chi connectivity index (χ3v) is 14.1. The predicted octanol–water partition coefficient (Wildman–Crippen LogP) is 5.30. The molecule has 10 atom stereocenters. The van der Waals surface area contributed by atoms with Gasteiger partial charge in [-0.05, 0) is 64.8 Å². The lowest BCUT2D eigenvalue weighted by Gasteiger charge is -2.24. The summed E-state index contributed by atoms with van der Waals surface area (Å²) in [6, 6.07) is 16.8. The Labute approximate surface area is 327 Å². The molecule has 0 bridgehead atoms. The average Bonchev–Trinajstić information content (AvgIpc) is 3.85. The Kier molecular flexibility index (Phi) is 14.6. The Balaban J connectivity index is 0.000000211. The fraction of sp³-hybridized carbons (Fsp3) is 0.610. The highest BCUT2D eigenvalue weighted by molar-refractivity contribution is 7.91. The molecule has 2 aromatic carbocycles. The Morgan fingerprint density at radius 2 is 1.11 bits per heavy atom. The van der Waals surface area contributed by atoms with E-state index >= 15 is 0 Å². The van der Waals surface area contributed by atoms with E-state index in [1.54, 1.807) is 79.9 Å². The fourth-order valence-corrected chi connectivity index (χ4v) is 11.3. The van der Waals surface area contributed by atoms with Crippen LogP contribution in [0.5, 0.6) is 0 Å². The van der Waals surface area contributed by atoms with E-state index in [1.165, 1.54) is 0 Å². The van der Waals surface area contributed by atoms with Gasteiger partial charge in [-0.15, -0.1) is 13.2 Å². The second kappa shape index (κ2) is 18.4. The average molecular weight is 807 g/mol. The van der Waals surface area contributed by atoms with Crippen molar-refractivity contribution in [3.8, 4) is 0 Å². The molecule has 2 unspecified atom stereocenters. The number of aliphatic hydroxyl groups excluding tert-OH is 1. The van der Waals surface area contributed by atoms with Crippen LogP contribution in [0.2, 0.25) is 0 Å².